The van der Waals surface area contributed by atoms with E-state index in [0.717, 1.165) is 29.8 Å². The van der Waals surface area contributed by atoms with Crippen molar-refractivity contribution in [1.29, 1.82) is 5.26 Å². The molecule has 9 nitrogen and oxygen atoms in total. The number of benzene rings is 1. The van der Waals surface area contributed by atoms with Gasteiger partial charge in [0.1, 0.15) is 6.07 Å². The van der Waals surface area contributed by atoms with Crippen LogP contribution in [0.4, 0.5) is 5.69 Å². The third kappa shape index (κ3) is 4.03. The SMILES string of the molecule is N#CC1=NN(c2cc(Cl)c(Oc3cc(C4CCC4)c(Cl)nn3)c(Cl)c2)C(O)NC1O. The van der Waals surface area contributed by atoms with Crippen LogP contribution in [0.25, 0.3) is 0 Å². The lowest BCUT2D eigenvalue weighted by Crippen LogP contribution is -2.55. The smallest absolute Gasteiger partial charge is 0.239 e. The van der Waals surface area contributed by atoms with Crippen LogP contribution in [0.5, 0.6) is 11.6 Å². The van der Waals surface area contributed by atoms with Crippen LogP contribution in [0.1, 0.15) is 30.7 Å². The highest BCUT2D eigenvalue weighted by Gasteiger charge is 2.29. The summed E-state index contributed by atoms with van der Waals surface area (Å²) in [4.78, 5) is 0. The van der Waals surface area contributed by atoms with E-state index in [1.807, 2.05) is 0 Å². The van der Waals surface area contributed by atoms with E-state index in [1.165, 1.54) is 12.1 Å². The summed E-state index contributed by atoms with van der Waals surface area (Å²) in [5, 5.41) is 44.7. The van der Waals surface area contributed by atoms with Crippen molar-refractivity contribution in [2.75, 3.05) is 5.01 Å². The largest absolute Gasteiger partial charge is 0.434 e. The standard InChI is InChI=1S/C18H15Cl3N6O3/c19-11-4-9(27-18(29)23-17(28)13(7-22)26-27)5-12(20)15(11)30-14-6-10(8-2-1-3-8)16(21)25-24-14/h4-6,8,17-18,23,28-29H,1-3H2. The minimum absolute atomic E-state index is 0.117. The van der Waals surface area contributed by atoms with Gasteiger partial charge < -0.3 is 14.9 Å². The first-order chi connectivity index (χ1) is 14.4. The molecule has 1 fully saturated rings. The molecule has 0 saturated heterocycles. The zero-order chi connectivity index (χ0) is 21.4. The maximum Gasteiger partial charge on any atom is 0.239 e. The minimum Gasteiger partial charge on any atom is -0.434 e. The molecule has 1 saturated carbocycles. The van der Waals surface area contributed by atoms with Crippen molar-refractivity contribution in [1.82, 2.24) is 15.5 Å². The molecule has 1 aliphatic carbocycles. The molecule has 0 radical (unpaired) electrons. The number of nitriles is 1. The topological polar surface area (TPSA) is 127 Å². The molecule has 156 valence electrons. The molecule has 0 amide bonds. The Bertz CT molecular complexity index is 1030. The van der Waals surface area contributed by atoms with Crippen molar-refractivity contribution < 1.29 is 14.9 Å². The molecule has 1 aromatic carbocycles. The third-order valence-electron chi connectivity index (χ3n) is 4.88. The highest BCUT2D eigenvalue weighted by atomic mass is 35.5. The predicted octanol–water partition coefficient (Wildman–Crippen LogP) is 3.38. The van der Waals surface area contributed by atoms with E-state index in [4.69, 9.17) is 44.8 Å². The lowest BCUT2D eigenvalue weighted by Gasteiger charge is -2.32. The Balaban J connectivity index is 1.63. The van der Waals surface area contributed by atoms with Gasteiger partial charge in [0.25, 0.3) is 0 Å². The Hall–Kier alpha value is -2.19. The lowest BCUT2D eigenvalue weighted by atomic mass is 9.81. The molecule has 2 aromatic rings. The summed E-state index contributed by atoms with van der Waals surface area (Å²) in [5.41, 5.74) is 0.915. The normalized spacial score (nSPS) is 21.6. The Kier molecular flexibility index (Phi) is 5.97. The summed E-state index contributed by atoms with van der Waals surface area (Å²) in [6.07, 6.45) is 0.426. The average molecular weight is 470 g/mol. The molecule has 2 heterocycles. The molecular formula is C18H15Cl3N6O3. The third-order valence-corrected chi connectivity index (χ3v) is 5.74. The van der Waals surface area contributed by atoms with Crippen LogP contribution in [0.2, 0.25) is 15.2 Å². The van der Waals surface area contributed by atoms with Gasteiger partial charge >= 0.3 is 0 Å². The summed E-state index contributed by atoms with van der Waals surface area (Å²) < 4.78 is 5.76. The molecule has 2 aliphatic rings. The first-order valence-corrected chi connectivity index (χ1v) is 10.1. The van der Waals surface area contributed by atoms with Gasteiger partial charge in [-0.05, 0) is 36.5 Å². The molecule has 30 heavy (non-hydrogen) atoms. The second-order valence-electron chi connectivity index (χ2n) is 6.78. The number of hydrogen-bond acceptors (Lipinski definition) is 9. The van der Waals surface area contributed by atoms with Crippen molar-refractivity contribution in [2.45, 2.75) is 37.8 Å². The number of aliphatic hydroxyl groups excluding tert-OH is 2. The Morgan fingerprint density at radius 2 is 1.83 bits per heavy atom. The maximum atomic E-state index is 10.1. The van der Waals surface area contributed by atoms with Gasteiger partial charge in [-0.2, -0.15) is 10.4 Å². The number of aromatic nitrogens is 2. The average Bonchev–Trinajstić information content (AvgIpc) is 2.65. The molecule has 1 aliphatic heterocycles. The fourth-order valence-corrected chi connectivity index (χ4v) is 3.91. The number of anilines is 1. The summed E-state index contributed by atoms with van der Waals surface area (Å²) >= 11 is 18.8. The monoisotopic (exact) mass is 468 g/mol. The van der Waals surface area contributed by atoms with Crippen LogP contribution >= 0.6 is 34.8 Å². The molecule has 2 atom stereocenters. The quantitative estimate of drug-likeness (QED) is 0.622. The number of hydrazone groups is 1. The van der Waals surface area contributed by atoms with Gasteiger partial charge in [-0.25, -0.2) is 10.3 Å². The molecule has 2 unspecified atom stereocenters. The maximum absolute atomic E-state index is 10.1. The number of hydrogen-bond donors (Lipinski definition) is 3. The van der Waals surface area contributed by atoms with E-state index in [1.54, 1.807) is 12.1 Å². The second kappa shape index (κ2) is 8.51. The van der Waals surface area contributed by atoms with Crippen molar-refractivity contribution in [2.24, 2.45) is 5.10 Å². The van der Waals surface area contributed by atoms with Crippen LogP contribution in [0.3, 0.4) is 0 Å². The summed E-state index contributed by atoms with van der Waals surface area (Å²) in [5.74, 6) is 0.673. The van der Waals surface area contributed by atoms with Gasteiger partial charge in [0.05, 0.1) is 15.7 Å². The van der Waals surface area contributed by atoms with Crippen LogP contribution in [0, 0.1) is 11.3 Å². The molecule has 1 aromatic heterocycles. The number of ether oxygens (including phenoxy) is 1. The number of aliphatic hydroxyl groups is 2. The fourth-order valence-electron chi connectivity index (χ4n) is 3.11. The highest BCUT2D eigenvalue weighted by molar-refractivity contribution is 6.37. The van der Waals surface area contributed by atoms with Crippen LogP contribution in [0.15, 0.2) is 23.3 Å². The summed E-state index contributed by atoms with van der Waals surface area (Å²) in [7, 11) is 0. The first-order valence-electron chi connectivity index (χ1n) is 8.97. The van der Waals surface area contributed by atoms with Gasteiger partial charge in [0.2, 0.25) is 12.2 Å². The van der Waals surface area contributed by atoms with E-state index in [-0.39, 0.29) is 33.1 Å². The molecule has 3 N–H and O–H groups in total. The zero-order valence-corrected chi connectivity index (χ0v) is 17.5. The number of nitrogens with zero attached hydrogens (tertiary/aromatic N) is 5. The minimum atomic E-state index is -1.40. The van der Waals surface area contributed by atoms with Crippen LogP contribution in [-0.4, -0.2) is 38.7 Å². The van der Waals surface area contributed by atoms with Crippen molar-refractivity contribution in [3.05, 3.63) is 39.0 Å². The van der Waals surface area contributed by atoms with Crippen LogP contribution in [-0.2, 0) is 0 Å². The van der Waals surface area contributed by atoms with Gasteiger partial charge in [-0.15, -0.1) is 10.2 Å². The summed E-state index contributed by atoms with van der Waals surface area (Å²) in [6, 6.07) is 6.36. The zero-order valence-electron chi connectivity index (χ0n) is 15.3. The first kappa shape index (κ1) is 21.1. The van der Waals surface area contributed by atoms with E-state index in [0.29, 0.717) is 11.1 Å². The van der Waals surface area contributed by atoms with E-state index in [9.17, 15) is 10.2 Å². The molecule has 0 bridgehead atoms. The number of rotatable bonds is 4. The molecule has 0 spiro atoms. The van der Waals surface area contributed by atoms with Crippen molar-refractivity contribution in [3.63, 3.8) is 0 Å². The fraction of sp³-hybridized carbons (Fsp3) is 0.333. The van der Waals surface area contributed by atoms with Gasteiger partial charge in [0.15, 0.2) is 22.8 Å². The predicted molar refractivity (Wildman–Crippen MR) is 111 cm³/mol. The Morgan fingerprint density at radius 3 is 2.43 bits per heavy atom. The lowest BCUT2D eigenvalue weighted by molar-refractivity contribution is 0.0631. The van der Waals surface area contributed by atoms with E-state index in [2.05, 4.69) is 20.6 Å². The molecule has 4 rings (SSSR count). The molecule has 12 heteroatoms. The number of halogens is 3. The summed E-state index contributed by atoms with van der Waals surface area (Å²) in [6.45, 7) is 0. The van der Waals surface area contributed by atoms with Gasteiger partial charge in [-0.1, -0.05) is 41.2 Å². The second-order valence-corrected chi connectivity index (χ2v) is 7.95. The van der Waals surface area contributed by atoms with Gasteiger partial charge in [-0.3, -0.25) is 0 Å². The molecular weight excluding hydrogens is 455 g/mol. The van der Waals surface area contributed by atoms with Crippen molar-refractivity contribution in [3.8, 4) is 17.7 Å². The Labute approximate surface area is 186 Å². The van der Waals surface area contributed by atoms with Gasteiger partial charge in [0, 0.05) is 6.07 Å². The van der Waals surface area contributed by atoms with Crippen molar-refractivity contribution >= 4 is 46.2 Å². The highest BCUT2D eigenvalue weighted by Crippen LogP contribution is 2.42. The van der Waals surface area contributed by atoms with Crippen LogP contribution < -0.4 is 15.1 Å². The number of nitrogens with one attached hydrogen (secondary N) is 1. The Morgan fingerprint density at radius 1 is 1.13 bits per heavy atom. The van der Waals surface area contributed by atoms with E-state index >= 15 is 0 Å². The van der Waals surface area contributed by atoms with E-state index < -0.39 is 12.6 Å².